The molecule has 1 unspecified atom stereocenters. The van der Waals surface area contributed by atoms with Gasteiger partial charge in [-0.1, -0.05) is 19.5 Å². The summed E-state index contributed by atoms with van der Waals surface area (Å²) in [7, 11) is 1.85. The molecule has 2 N–H and O–H groups in total. The van der Waals surface area contributed by atoms with Crippen molar-refractivity contribution in [3.8, 4) is 0 Å². The number of ether oxygens (including phenoxy) is 1. The molecular weight excluding hydrogens is 395 g/mol. The van der Waals surface area contributed by atoms with E-state index in [1.54, 1.807) is 9.80 Å². The standard InChI is InChI=1S/C18H24N3O3.Y/c1-11-7-16(21-10-14(8-19)24-18(21)23)12(2)6-15(11)13-4-5-17(22)20(3)9-13;/h7,13-14H,4-5,8-10,19H2,1-3H3;/q-1;/t13?,14-;/m0./s1. The van der Waals surface area contributed by atoms with Gasteiger partial charge in [-0.2, -0.15) is 17.2 Å². The molecule has 1 radical (unpaired) electrons. The van der Waals surface area contributed by atoms with E-state index in [4.69, 9.17) is 10.5 Å². The summed E-state index contributed by atoms with van der Waals surface area (Å²) in [5.74, 6) is 0.493. The van der Waals surface area contributed by atoms with E-state index >= 15 is 0 Å². The van der Waals surface area contributed by atoms with Crippen LogP contribution >= 0.6 is 0 Å². The molecule has 0 aromatic heterocycles. The van der Waals surface area contributed by atoms with Gasteiger partial charge in [0.15, 0.2) is 0 Å². The average Bonchev–Trinajstić information content (AvgIpc) is 2.93. The van der Waals surface area contributed by atoms with Crippen molar-refractivity contribution >= 4 is 17.7 Å². The van der Waals surface area contributed by atoms with Crippen LogP contribution < -0.4 is 10.6 Å². The SMILES string of the molecule is Cc1[c-]c(C2CCC(=O)N(C)C2)c(C)cc1N1C[C@H](CN)OC1=O.[Y]. The average molecular weight is 419 g/mol. The third-order valence-electron chi connectivity index (χ3n) is 4.95. The number of amides is 2. The number of hydrogen-bond donors (Lipinski definition) is 1. The normalized spacial score (nSPS) is 23.5. The maximum absolute atomic E-state index is 12.1. The summed E-state index contributed by atoms with van der Waals surface area (Å²) in [5.41, 5.74) is 9.59. The molecule has 1 aromatic carbocycles. The van der Waals surface area contributed by atoms with Crippen molar-refractivity contribution in [3.05, 3.63) is 28.8 Å². The second-order valence-electron chi connectivity index (χ2n) is 6.74. The Morgan fingerprint density at radius 3 is 2.64 bits per heavy atom. The van der Waals surface area contributed by atoms with Gasteiger partial charge in [-0.25, -0.2) is 4.79 Å². The molecule has 6 nitrogen and oxygen atoms in total. The largest absolute Gasteiger partial charge is 0.443 e. The number of rotatable bonds is 3. The smallest absolute Gasteiger partial charge is 0.403 e. The zero-order chi connectivity index (χ0) is 17.4. The number of nitrogens with two attached hydrogens (primary N) is 1. The van der Waals surface area contributed by atoms with E-state index in [2.05, 4.69) is 6.07 Å². The van der Waals surface area contributed by atoms with Crippen LogP contribution in [-0.4, -0.2) is 49.7 Å². The Hall–Kier alpha value is -0.976. The number of carbonyl (C=O) groups excluding carboxylic acids is 2. The fourth-order valence-electron chi connectivity index (χ4n) is 3.55. The van der Waals surface area contributed by atoms with Crippen LogP contribution in [0.4, 0.5) is 10.5 Å². The van der Waals surface area contributed by atoms with Crippen molar-refractivity contribution in [3.63, 3.8) is 0 Å². The second-order valence-corrected chi connectivity index (χ2v) is 6.74. The van der Waals surface area contributed by atoms with E-state index in [1.165, 1.54) is 0 Å². The van der Waals surface area contributed by atoms with Crippen molar-refractivity contribution in [2.45, 2.75) is 38.7 Å². The fraction of sp³-hybridized carbons (Fsp3) is 0.556. The van der Waals surface area contributed by atoms with Crippen LogP contribution in [0.3, 0.4) is 0 Å². The quantitative estimate of drug-likeness (QED) is 0.758. The van der Waals surface area contributed by atoms with Gasteiger partial charge in [-0.3, -0.25) is 4.79 Å². The maximum Gasteiger partial charge on any atom is 0.403 e. The topological polar surface area (TPSA) is 75.9 Å². The number of likely N-dealkylation sites (tertiary alicyclic amines) is 1. The monoisotopic (exact) mass is 419 g/mol. The Morgan fingerprint density at radius 1 is 1.32 bits per heavy atom. The number of carbonyl (C=O) groups is 2. The van der Waals surface area contributed by atoms with Crippen LogP contribution in [0, 0.1) is 19.9 Å². The van der Waals surface area contributed by atoms with Gasteiger partial charge in [0.25, 0.3) is 0 Å². The number of nitrogens with zero attached hydrogens (tertiary/aromatic N) is 2. The summed E-state index contributed by atoms with van der Waals surface area (Å²) in [6.07, 6.45) is 0.818. The molecule has 133 valence electrons. The van der Waals surface area contributed by atoms with Crippen molar-refractivity contribution in [2.24, 2.45) is 5.73 Å². The molecule has 2 saturated heterocycles. The first-order chi connectivity index (χ1) is 11.4. The summed E-state index contributed by atoms with van der Waals surface area (Å²) in [5, 5.41) is 0. The Kier molecular flexibility index (Phi) is 6.63. The van der Waals surface area contributed by atoms with Gasteiger partial charge >= 0.3 is 6.09 Å². The van der Waals surface area contributed by atoms with E-state index in [0.717, 1.165) is 35.3 Å². The molecule has 1 aromatic rings. The zero-order valence-corrected chi connectivity index (χ0v) is 17.9. The van der Waals surface area contributed by atoms with Crippen LogP contribution in [0.15, 0.2) is 6.07 Å². The number of anilines is 1. The molecule has 0 aliphatic carbocycles. The molecule has 25 heavy (non-hydrogen) atoms. The van der Waals surface area contributed by atoms with Crippen molar-refractivity contribution in [1.29, 1.82) is 0 Å². The van der Waals surface area contributed by atoms with E-state index in [9.17, 15) is 9.59 Å². The summed E-state index contributed by atoms with van der Waals surface area (Å²) < 4.78 is 5.25. The van der Waals surface area contributed by atoms with Crippen LogP contribution in [0.2, 0.25) is 0 Å². The van der Waals surface area contributed by atoms with Crippen molar-refractivity contribution in [2.75, 3.05) is 31.6 Å². The third-order valence-corrected chi connectivity index (χ3v) is 4.95. The number of cyclic esters (lactones) is 1. The molecule has 2 heterocycles. The first-order valence-electron chi connectivity index (χ1n) is 8.36. The Labute approximate surface area is 173 Å². The number of piperidine rings is 1. The van der Waals surface area contributed by atoms with E-state index < -0.39 is 0 Å². The summed E-state index contributed by atoms with van der Waals surface area (Å²) in [4.78, 5) is 27.2. The molecular formula is C18H24N3O3Y-. The molecule has 0 spiro atoms. The first kappa shape index (κ1) is 20.3. The molecule has 2 aliphatic heterocycles. The van der Waals surface area contributed by atoms with Crippen LogP contribution in [0.25, 0.3) is 0 Å². The Balaban J connectivity index is 0.00000225. The molecule has 0 saturated carbocycles. The molecule has 2 aliphatic rings. The molecule has 2 amide bonds. The summed E-state index contributed by atoms with van der Waals surface area (Å²) in [6.45, 7) is 5.51. The van der Waals surface area contributed by atoms with Gasteiger partial charge in [0, 0.05) is 59.3 Å². The Morgan fingerprint density at radius 2 is 2.04 bits per heavy atom. The van der Waals surface area contributed by atoms with Gasteiger partial charge < -0.3 is 20.3 Å². The van der Waals surface area contributed by atoms with Gasteiger partial charge in [0.05, 0.1) is 6.54 Å². The minimum atomic E-state index is -0.350. The number of aryl methyl sites for hydroxylation is 2. The Bertz CT molecular complexity index is 680. The van der Waals surface area contributed by atoms with E-state index in [-0.39, 0.29) is 50.8 Å². The maximum atomic E-state index is 12.1. The minimum absolute atomic E-state index is 0. The zero-order valence-electron chi connectivity index (χ0n) is 15.0. The predicted molar refractivity (Wildman–Crippen MR) is 91.0 cm³/mol. The van der Waals surface area contributed by atoms with Crippen LogP contribution in [0.5, 0.6) is 0 Å². The number of benzene rings is 1. The number of likely N-dealkylation sites (N-methyl/N-ethyl adjacent to an activating group) is 1. The first-order valence-corrected chi connectivity index (χ1v) is 8.36. The molecule has 3 rings (SSSR count). The molecule has 0 bridgehead atoms. The molecule has 7 heteroatoms. The van der Waals surface area contributed by atoms with E-state index in [1.807, 2.05) is 27.0 Å². The molecule has 2 fully saturated rings. The van der Waals surface area contributed by atoms with Gasteiger partial charge in [-0.05, 0) is 12.3 Å². The summed E-state index contributed by atoms with van der Waals surface area (Å²) in [6, 6.07) is 5.49. The van der Waals surface area contributed by atoms with Crippen LogP contribution in [-0.2, 0) is 42.2 Å². The van der Waals surface area contributed by atoms with Crippen LogP contribution in [0.1, 0.15) is 35.4 Å². The van der Waals surface area contributed by atoms with Gasteiger partial charge in [0.2, 0.25) is 5.91 Å². The minimum Gasteiger partial charge on any atom is -0.443 e. The van der Waals surface area contributed by atoms with Crippen molar-refractivity contribution < 1.29 is 47.0 Å². The van der Waals surface area contributed by atoms with E-state index in [0.29, 0.717) is 25.4 Å². The third kappa shape index (κ3) is 4.07. The second kappa shape index (κ2) is 8.15. The van der Waals surface area contributed by atoms with Gasteiger partial charge in [0.1, 0.15) is 6.10 Å². The fourth-order valence-corrected chi connectivity index (χ4v) is 3.55. The number of hydrogen-bond acceptors (Lipinski definition) is 4. The summed E-state index contributed by atoms with van der Waals surface area (Å²) >= 11 is 0. The van der Waals surface area contributed by atoms with Gasteiger partial charge in [-0.15, -0.1) is 11.6 Å². The molecule has 2 atom stereocenters. The predicted octanol–water partition coefficient (Wildman–Crippen LogP) is 1.72. The van der Waals surface area contributed by atoms with Crippen molar-refractivity contribution in [1.82, 2.24) is 4.90 Å².